The molecule has 2 unspecified atom stereocenters. The van der Waals surface area contributed by atoms with E-state index >= 15 is 0 Å². The molecule has 0 bridgehead atoms. The number of aliphatic hydroxyl groups is 1. The van der Waals surface area contributed by atoms with E-state index in [9.17, 15) is 9.90 Å². The van der Waals surface area contributed by atoms with Crippen LogP contribution in [0.4, 0.5) is 0 Å². The summed E-state index contributed by atoms with van der Waals surface area (Å²) in [5.74, 6) is 0.0340. The standard InChI is InChI=1S/C19H24N4O3/c1-2-26-17-13-16(24)19(17)7-10-22(11-8-19)18(25)14-3-5-15(6-4-14)23-12-9-20-21-23/h3-6,9,12,16-17,24H,2,7-8,10-11,13H2,1H3. The summed E-state index contributed by atoms with van der Waals surface area (Å²) in [5, 5.41) is 18.0. The van der Waals surface area contributed by atoms with Crippen LogP contribution in [0.15, 0.2) is 36.7 Å². The van der Waals surface area contributed by atoms with E-state index in [1.807, 2.05) is 36.1 Å². The van der Waals surface area contributed by atoms with Gasteiger partial charge in [0, 0.05) is 37.1 Å². The molecule has 2 aliphatic rings. The minimum Gasteiger partial charge on any atom is -0.392 e. The number of carbonyl (C=O) groups excluding carboxylic acids is 1. The predicted octanol–water partition coefficient (Wildman–Crippen LogP) is 1.66. The van der Waals surface area contributed by atoms with Crippen molar-refractivity contribution < 1.29 is 14.6 Å². The Bertz CT molecular complexity index is 750. The molecule has 2 aromatic rings. The van der Waals surface area contributed by atoms with E-state index in [4.69, 9.17) is 4.74 Å². The Morgan fingerprint density at radius 3 is 2.62 bits per heavy atom. The van der Waals surface area contributed by atoms with E-state index in [1.54, 1.807) is 17.1 Å². The minimum atomic E-state index is -0.307. The van der Waals surface area contributed by atoms with Gasteiger partial charge in [0.2, 0.25) is 0 Å². The van der Waals surface area contributed by atoms with Gasteiger partial charge in [-0.2, -0.15) is 0 Å². The average Bonchev–Trinajstić information content (AvgIpc) is 3.22. The summed E-state index contributed by atoms with van der Waals surface area (Å²) >= 11 is 0. The van der Waals surface area contributed by atoms with Gasteiger partial charge in [0.1, 0.15) is 0 Å². The number of amides is 1. The van der Waals surface area contributed by atoms with E-state index in [-0.39, 0.29) is 23.5 Å². The monoisotopic (exact) mass is 356 g/mol. The molecule has 0 radical (unpaired) electrons. The summed E-state index contributed by atoms with van der Waals surface area (Å²) in [7, 11) is 0. The van der Waals surface area contributed by atoms with Crippen molar-refractivity contribution in [1.82, 2.24) is 19.9 Å². The molecule has 2 atom stereocenters. The molecule has 2 heterocycles. The first-order valence-electron chi connectivity index (χ1n) is 9.20. The molecule has 1 N–H and O–H groups in total. The summed E-state index contributed by atoms with van der Waals surface area (Å²) in [5.41, 5.74) is 1.37. The van der Waals surface area contributed by atoms with Crippen molar-refractivity contribution in [3.8, 4) is 5.69 Å². The van der Waals surface area contributed by atoms with Gasteiger partial charge in [-0.05, 0) is 44.0 Å². The van der Waals surface area contributed by atoms with Crippen LogP contribution < -0.4 is 0 Å². The van der Waals surface area contributed by atoms with Gasteiger partial charge in [0.05, 0.1) is 30.3 Å². The number of aromatic nitrogens is 3. The van der Waals surface area contributed by atoms with Gasteiger partial charge in [0.25, 0.3) is 5.91 Å². The zero-order valence-corrected chi connectivity index (χ0v) is 14.9. The van der Waals surface area contributed by atoms with Crippen LogP contribution in [0.5, 0.6) is 0 Å². The van der Waals surface area contributed by atoms with Crippen LogP contribution in [-0.4, -0.2) is 62.8 Å². The molecule has 1 aromatic heterocycles. The van der Waals surface area contributed by atoms with E-state index in [2.05, 4.69) is 10.3 Å². The fraction of sp³-hybridized carbons (Fsp3) is 0.526. The van der Waals surface area contributed by atoms with Gasteiger partial charge < -0.3 is 14.7 Å². The predicted molar refractivity (Wildman–Crippen MR) is 95.0 cm³/mol. The number of carbonyl (C=O) groups is 1. The number of piperidine rings is 1. The SMILES string of the molecule is CCOC1CC(O)C12CCN(C(=O)c1ccc(-n3ccnn3)cc1)CC2. The average molecular weight is 356 g/mol. The van der Waals surface area contributed by atoms with Gasteiger partial charge in [-0.3, -0.25) is 4.79 Å². The fourth-order valence-electron chi connectivity index (χ4n) is 4.23. The Balaban J connectivity index is 1.41. The van der Waals surface area contributed by atoms with Crippen molar-refractivity contribution in [2.45, 2.75) is 38.4 Å². The van der Waals surface area contributed by atoms with Gasteiger partial charge in [-0.25, -0.2) is 4.68 Å². The molecule has 1 aromatic carbocycles. The Kier molecular flexibility index (Phi) is 4.50. The second kappa shape index (κ2) is 6.81. The maximum atomic E-state index is 12.8. The van der Waals surface area contributed by atoms with Crippen molar-refractivity contribution in [3.05, 3.63) is 42.2 Å². The molecule has 1 spiro atoms. The molecule has 4 rings (SSSR count). The van der Waals surface area contributed by atoms with Gasteiger partial charge in [0.15, 0.2) is 0 Å². The number of hydrogen-bond acceptors (Lipinski definition) is 5. The first kappa shape index (κ1) is 17.2. The highest BCUT2D eigenvalue weighted by molar-refractivity contribution is 5.94. The smallest absolute Gasteiger partial charge is 0.253 e. The largest absolute Gasteiger partial charge is 0.392 e. The molecule has 7 nitrogen and oxygen atoms in total. The molecule has 1 aliphatic carbocycles. The van der Waals surface area contributed by atoms with Gasteiger partial charge in [-0.15, -0.1) is 5.10 Å². The molecule has 1 saturated heterocycles. The van der Waals surface area contributed by atoms with Crippen LogP contribution in [0.2, 0.25) is 0 Å². The van der Waals surface area contributed by atoms with E-state index < -0.39 is 0 Å². The quantitative estimate of drug-likeness (QED) is 0.901. The van der Waals surface area contributed by atoms with Crippen LogP contribution in [-0.2, 0) is 4.74 Å². The normalized spacial score (nSPS) is 24.5. The second-order valence-corrected chi connectivity index (χ2v) is 7.12. The minimum absolute atomic E-state index is 0.0340. The van der Waals surface area contributed by atoms with E-state index in [0.29, 0.717) is 31.7 Å². The fourth-order valence-corrected chi connectivity index (χ4v) is 4.23. The Hall–Kier alpha value is -2.25. The van der Waals surface area contributed by atoms with Crippen molar-refractivity contribution in [2.75, 3.05) is 19.7 Å². The summed E-state index contributed by atoms with van der Waals surface area (Å²) in [6.45, 7) is 3.97. The van der Waals surface area contributed by atoms with Crippen molar-refractivity contribution >= 4 is 5.91 Å². The number of nitrogens with zero attached hydrogens (tertiary/aromatic N) is 4. The highest BCUT2D eigenvalue weighted by Crippen LogP contribution is 2.51. The lowest BCUT2D eigenvalue weighted by atomic mass is 9.58. The van der Waals surface area contributed by atoms with Crippen LogP contribution >= 0.6 is 0 Å². The summed E-state index contributed by atoms with van der Waals surface area (Å²) in [4.78, 5) is 14.7. The summed E-state index contributed by atoms with van der Waals surface area (Å²) in [6, 6.07) is 7.39. The lowest BCUT2D eigenvalue weighted by Gasteiger charge is -2.56. The summed E-state index contributed by atoms with van der Waals surface area (Å²) < 4.78 is 7.45. The maximum absolute atomic E-state index is 12.8. The Morgan fingerprint density at radius 2 is 2.04 bits per heavy atom. The second-order valence-electron chi connectivity index (χ2n) is 7.12. The summed E-state index contributed by atoms with van der Waals surface area (Å²) in [6.07, 6.45) is 5.50. The zero-order valence-electron chi connectivity index (χ0n) is 14.9. The van der Waals surface area contributed by atoms with Crippen LogP contribution in [0, 0.1) is 5.41 Å². The highest BCUT2D eigenvalue weighted by atomic mass is 16.5. The molecule has 138 valence electrons. The number of benzene rings is 1. The first-order chi connectivity index (χ1) is 12.6. The lowest BCUT2D eigenvalue weighted by Crippen LogP contribution is -2.62. The third-order valence-corrected chi connectivity index (χ3v) is 5.89. The van der Waals surface area contributed by atoms with Crippen molar-refractivity contribution in [3.63, 3.8) is 0 Å². The number of likely N-dealkylation sites (tertiary alicyclic amines) is 1. The van der Waals surface area contributed by atoms with Crippen molar-refractivity contribution in [2.24, 2.45) is 5.41 Å². The molecule has 1 aliphatic heterocycles. The molecule has 1 saturated carbocycles. The number of hydrogen-bond donors (Lipinski definition) is 1. The molecular formula is C19H24N4O3. The van der Waals surface area contributed by atoms with Crippen LogP contribution in [0.25, 0.3) is 5.69 Å². The number of rotatable bonds is 4. The van der Waals surface area contributed by atoms with Gasteiger partial charge in [-0.1, -0.05) is 5.21 Å². The number of ether oxygens (including phenoxy) is 1. The van der Waals surface area contributed by atoms with E-state index in [0.717, 1.165) is 18.5 Å². The molecular weight excluding hydrogens is 332 g/mol. The topological polar surface area (TPSA) is 80.5 Å². The molecule has 2 fully saturated rings. The van der Waals surface area contributed by atoms with E-state index in [1.165, 1.54) is 0 Å². The Morgan fingerprint density at radius 1 is 1.31 bits per heavy atom. The third-order valence-electron chi connectivity index (χ3n) is 5.89. The molecule has 7 heteroatoms. The first-order valence-corrected chi connectivity index (χ1v) is 9.20. The van der Waals surface area contributed by atoms with Crippen LogP contribution in [0.3, 0.4) is 0 Å². The lowest BCUT2D eigenvalue weighted by molar-refractivity contribution is -0.207. The number of aliphatic hydroxyl groups excluding tert-OH is 1. The van der Waals surface area contributed by atoms with Crippen molar-refractivity contribution in [1.29, 1.82) is 0 Å². The Labute approximate surface area is 152 Å². The maximum Gasteiger partial charge on any atom is 0.253 e. The van der Waals surface area contributed by atoms with Gasteiger partial charge >= 0.3 is 0 Å². The highest BCUT2D eigenvalue weighted by Gasteiger charge is 2.56. The van der Waals surface area contributed by atoms with Crippen LogP contribution in [0.1, 0.15) is 36.5 Å². The molecule has 1 amide bonds. The molecule has 26 heavy (non-hydrogen) atoms. The zero-order chi connectivity index (χ0) is 18.1. The third kappa shape index (κ3) is 2.81.